The van der Waals surface area contributed by atoms with E-state index in [1.165, 1.54) is 0 Å². The molecule has 1 amide bonds. The molecule has 0 radical (unpaired) electrons. The summed E-state index contributed by atoms with van der Waals surface area (Å²) >= 11 is 0. The molecule has 0 saturated heterocycles. The van der Waals surface area contributed by atoms with Gasteiger partial charge in [0.25, 0.3) is 11.6 Å². The standard InChI is InChI=1S/C11H10FN3O3/c1-7(5-13)6-14-11(16)9-4-8(15(17)18)2-3-10(9)12/h2-4,7H,6H2,1H3,(H,14,16). The molecule has 0 aromatic heterocycles. The maximum atomic E-state index is 13.3. The summed E-state index contributed by atoms with van der Waals surface area (Å²) < 4.78 is 13.3. The Morgan fingerprint density at radius 2 is 2.33 bits per heavy atom. The normalized spacial score (nSPS) is 11.4. The molecule has 0 spiro atoms. The third kappa shape index (κ3) is 3.25. The first kappa shape index (κ1) is 13.6. The van der Waals surface area contributed by atoms with Crippen LogP contribution in [0.2, 0.25) is 0 Å². The molecule has 0 fully saturated rings. The molecule has 94 valence electrons. The number of nitro groups is 1. The summed E-state index contributed by atoms with van der Waals surface area (Å²) in [5.41, 5.74) is -0.774. The van der Waals surface area contributed by atoms with Gasteiger partial charge in [0.05, 0.1) is 22.5 Å². The molecule has 0 aliphatic heterocycles. The van der Waals surface area contributed by atoms with Crippen LogP contribution in [-0.2, 0) is 0 Å². The second-order valence-corrected chi connectivity index (χ2v) is 3.66. The minimum absolute atomic E-state index is 0.0530. The summed E-state index contributed by atoms with van der Waals surface area (Å²) in [7, 11) is 0. The Morgan fingerprint density at radius 1 is 1.67 bits per heavy atom. The highest BCUT2D eigenvalue weighted by Gasteiger charge is 2.17. The molecule has 1 N–H and O–H groups in total. The van der Waals surface area contributed by atoms with Crippen LogP contribution >= 0.6 is 0 Å². The van der Waals surface area contributed by atoms with Crippen LogP contribution < -0.4 is 5.32 Å². The second-order valence-electron chi connectivity index (χ2n) is 3.66. The number of carbonyl (C=O) groups excluding carboxylic acids is 1. The lowest BCUT2D eigenvalue weighted by molar-refractivity contribution is -0.384. The van der Waals surface area contributed by atoms with Crippen LogP contribution in [0.3, 0.4) is 0 Å². The molecule has 1 unspecified atom stereocenters. The number of carbonyl (C=O) groups is 1. The van der Waals surface area contributed by atoms with Crippen LogP contribution in [0.1, 0.15) is 17.3 Å². The van der Waals surface area contributed by atoms with Gasteiger partial charge in [-0.25, -0.2) is 4.39 Å². The van der Waals surface area contributed by atoms with Crippen molar-refractivity contribution in [2.24, 2.45) is 5.92 Å². The summed E-state index contributed by atoms with van der Waals surface area (Å²) in [6.45, 7) is 1.64. The third-order valence-electron chi connectivity index (χ3n) is 2.19. The Hall–Kier alpha value is -2.49. The van der Waals surface area contributed by atoms with E-state index in [4.69, 9.17) is 5.26 Å². The van der Waals surface area contributed by atoms with E-state index in [1.54, 1.807) is 6.92 Å². The van der Waals surface area contributed by atoms with Gasteiger partial charge in [0.1, 0.15) is 5.82 Å². The van der Waals surface area contributed by atoms with E-state index in [9.17, 15) is 19.3 Å². The molecule has 7 heteroatoms. The minimum atomic E-state index is -0.845. The Morgan fingerprint density at radius 3 is 2.89 bits per heavy atom. The summed E-state index contributed by atoms with van der Waals surface area (Å²) in [6, 6.07) is 4.60. The first-order chi connectivity index (χ1) is 8.45. The van der Waals surface area contributed by atoms with Gasteiger partial charge in [-0.2, -0.15) is 5.26 Å². The quantitative estimate of drug-likeness (QED) is 0.649. The van der Waals surface area contributed by atoms with Crippen molar-refractivity contribution in [2.45, 2.75) is 6.92 Å². The average molecular weight is 251 g/mol. The van der Waals surface area contributed by atoms with Crippen molar-refractivity contribution in [3.63, 3.8) is 0 Å². The molecule has 0 saturated carbocycles. The molecule has 0 bridgehead atoms. The van der Waals surface area contributed by atoms with Crippen LogP contribution in [-0.4, -0.2) is 17.4 Å². The fourth-order valence-corrected chi connectivity index (χ4v) is 1.19. The number of nitrogens with zero attached hydrogens (tertiary/aromatic N) is 2. The van der Waals surface area contributed by atoms with Crippen molar-refractivity contribution in [1.82, 2.24) is 5.32 Å². The van der Waals surface area contributed by atoms with Crippen molar-refractivity contribution in [2.75, 3.05) is 6.54 Å². The van der Waals surface area contributed by atoms with Gasteiger partial charge in [-0.15, -0.1) is 0 Å². The number of rotatable bonds is 4. The number of nitrogens with one attached hydrogen (secondary N) is 1. The van der Waals surface area contributed by atoms with Gasteiger partial charge < -0.3 is 5.32 Å². The predicted molar refractivity (Wildman–Crippen MR) is 60.2 cm³/mol. The third-order valence-corrected chi connectivity index (χ3v) is 2.19. The van der Waals surface area contributed by atoms with E-state index in [0.29, 0.717) is 0 Å². The van der Waals surface area contributed by atoms with Crippen LogP contribution in [0.15, 0.2) is 18.2 Å². The van der Waals surface area contributed by atoms with Crippen LogP contribution in [0.25, 0.3) is 0 Å². The molecule has 0 heterocycles. The van der Waals surface area contributed by atoms with Crippen molar-refractivity contribution in [1.29, 1.82) is 5.26 Å². The van der Waals surface area contributed by atoms with Crippen LogP contribution in [0.4, 0.5) is 10.1 Å². The molecule has 0 aliphatic rings. The number of halogens is 1. The van der Waals surface area contributed by atoms with Gasteiger partial charge in [-0.3, -0.25) is 14.9 Å². The number of hydrogen-bond acceptors (Lipinski definition) is 4. The molecule has 1 atom stereocenters. The maximum absolute atomic E-state index is 13.3. The summed E-state index contributed by atoms with van der Waals surface area (Å²) in [6.07, 6.45) is 0. The van der Waals surface area contributed by atoms with Crippen molar-refractivity contribution in [3.05, 3.63) is 39.7 Å². The van der Waals surface area contributed by atoms with Gasteiger partial charge in [0.2, 0.25) is 0 Å². The molecule has 0 aliphatic carbocycles. The Labute approximate surface area is 102 Å². The highest BCUT2D eigenvalue weighted by Crippen LogP contribution is 2.16. The van der Waals surface area contributed by atoms with Crippen molar-refractivity contribution < 1.29 is 14.1 Å². The van der Waals surface area contributed by atoms with E-state index in [-0.39, 0.29) is 12.2 Å². The predicted octanol–water partition coefficient (Wildman–Crippen LogP) is 1.62. The molecule has 1 rings (SSSR count). The number of hydrogen-bond donors (Lipinski definition) is 1. The SMILES string of the molecule is CC(C#N)CNC(=O)c1cc([N+](=O)[O-])ccc1F. The zero-order chi connectivity index (χ0) is 13.7. The highest BCUT2D eigenvalue weighted by molar-refractivity contribution is 5.95. The minimum Gasteiger partial charge on any atom is -0.351 e. The summed E-state index contributed by atoms with van der Waals surface area (Å²) in [5.74, 6) is -2.04. The first-order valence-corrected chi connectivity index (χ1v) is 5.07. The summed E-state index contributed by atoms with van der Waals surface area (Å²) in [4.78, 5) is 21.4. The van der Waals surface area contributed by atoms with Gasteiger partial charge in [0.15, 0.2) is 0 Å². The van der Waals surface area contributed by atoms with Crippen LogP contribution in [0.5, 0.6) is 0 Å². The van der Waals surface area contributed by atoms with Gasteiger partial charge in [-0.1, -0.05) is 0 Å². The maximum Gasteiger partial charge on any atom is 0.270 e. The molecular weight excluding hydrogens is 241 g/mol. The number of nitriles is 1. The largest absolute Gasteiger partial charge is 0.351 e. The Balaban J connectivity index is 2.88. The summed E-state index contributed by atoms with van der Waals surface area (Å²) in [5, 5.41) is 21.4. The highest BCUT2D eigenvalue weighted by atomic mass is 19.1. The molecule has 1 aromatic carbocycles. The lowest BCUT2D eigenvalue weighted by Crippen LogP contribution is -2.28. The smallest absolute Gasteiger partial charge is 0.270 e. The number of benzene rings is 1. The van der Waals surface area contributed by atoms with Gasteiger partial charge in [0, 0.05) is 18.7 Å². The molecular formula is C11H10FN3O3. The Kier molecular flexibility index (Phi) is 4.32. The molecule has 18 heavy (non-hydrogen) atoms. The average Bonchev–Trinajstić information content (AvgIpc) is 2.35. The van der Waals surface area contributed by atoms with E-state index in [2.05, 4.69) is 5.32 Å². The van der Waals surface area contributed by atoms with Gasteiger partial charge in [-0.05, 0) is 13.0 Å². The Bertz CT molecular complexity index is 525. The van der Waals surface area contributed by atoms with Crippen LogP contribution in [0, 0.1) is 33.2 Å². The fraction of sp³-hybridized carbons (Fsp3) is 0.273. The monoisotopic (exact) mass is 251 g/mol. The van der Waals surface area contributed by atoms with Gasteiger partial charge >= 0.3 is 0 Å². The number of amides is 1. The second kappa shape index (κ2) is 5.72. The number of nitro benzene ring substituents is 1. The first-order valence-electron chi connectivity index (χ1n) is 5.07. The van der Waals surface area contributed by atoms with E-state index in [0.717, 1.165) is 18.2 Å². The lowest BCUT2D eigenvalue weighted by atomic mass is 10.1. The van der Waals surface area contributed by atoms with E-state index >= 15 is 0 Å². The molecule has 1 aromatic rings. The zero-order valence-electron chi connectivity index (χ0n) is 9.51. The zero-order valence-corrected chi connectivity index (χ0v) is 9.51. The lowest BCUT2D eigenvalue weighted by Gasteiger charge is -2.06. The van der Waals surface area contributed by atoms with Crippen molar-refractivity contribution in [3.8, 4) is 6.07 Å². The molecule has 6 nitrogen and oxygen atoms in total. The van der Waals surface area contributed by atoms with E-state index < -0.39 is 28.1 Å². The number of non-ortho nitro benzene ring substituents is 1. The van der Waals surface area contributed by atoms with Crippen molar-refractivity contribution >= 4 is 11.6 Å². The topological polar surface area (TPSA) is 96.0 Å². The van der Waals surface area contributed by atoms with E-state index in [1.807, 2.05) is 6.07 Å². The fourth-order valence-electron chi connectivity index (χ4n) is 1.19.